The second-order valence-electron chi connectivity index (χ2n) is 5.43. The molecule has 0 heterocycles. The molecule has 8 nitrogen and oxygen atoms in total. The van der Waals surface area contributed by atoms with E-state index in [1.807, 2.05) is 0 Å². The number of carbonyl (C=O) groups excluding carboxylic acids is 1. The fourth-order valence-electron chi connectivity index (χ4n) is 1.87. The van der Waals surface area contributed by atoms with Crippen molar-refractivity contribution in [3.63, 3.8) is 0 Å². The maximum Gasteiger partial charge on any atom is 0.338 e. The standard InChI is InChI=1S/C15H20O7.H3N/c1-15(2,8-9-4-6-10(21-3)7-5-9)22-14(20)12(17)11(16)13(18)19;/h4-7,11-12,16-17H,8H2,1-3H3,(H,18,19);1H3. The Labute approximate surface area is 134 Å². The summed E-state index contributed by atoms with van der Waals surface area (Å²) in [5.74, 6) is -2.19. The molecule has 130 valence electrons. The first-order valence-electron chi connectivity index (χ1n) is 6.61. The molecule has 1 aromatic carbocycles. The summed E-state index contributed by atoms with van der Waals surface area (Å²) in [5.41, 5.74) is -0.114. The molecule has 0 aromatic heterocycles. The molecule has 23 heavy (non-hydrogen) atoms. The molecule has 0 spiro atoms. The van der Waals surface area contributed by atoms with Crippen LogP contribution in [0.2, 0.25) is 0 Å². The molecule has 8 heteroatoms. The molecule has 0 bridgehead atoms. The highest BCUT2D eigenvalue weighted by atomic mass is 16.6. The molecule has 0 aliphatic heterocycles. The fraction of sp³-hybridized carbons (Fsp3) is 0.467. The lowest BCUT2D eigenvalue weighted by molar-refractivity contribution is -0.178. The van der Waals surface area contributed by atoms with Crippen LogP contribution in [0.15, 0.2) is 24.3 Å². The number of aliphatic hydroxyl groups excluding tert-OH is 2. The second-order valence-corrected chi connectivity index (χ2v) is 5.43. The van der Waals surface area contributed by atoms with E-state index in [9.17, 15) is 14.7 Å². The average Bonchev–Trinajstić information content (AvgIpc) is 2.45. The molecule has 0 radical (unpaired) electrons. The van der Waals surface area contributed by atoms with Crippen LogP contribution >= 0.6 is 0 Å². The Kier molecular flexibility index (Phi) is 7.67. The molecule has 0 amide bonds. The van der Waals surface area contributed by atoms with Gasteiger partial charge in [-0.1, -0.05) is 12.1 Å². The van der Waals surface area contributed by atoms with Crippen molar-refractivity contribution in [1.82, 2.24) is 6.15 Å². The van der Waals surface area contributed by atoms with E-state index < -0.39 is 29.7 Å². The summed E-state index contributed by atoms with van der Waals surface area (Å²) in [7, 11) is 1.55. The van der Waals surface area contributed by atoms with E-state index in [4.69, 9.17) is 19.7 Å². The molecule has 0 fully saturated rings. The normalized spacial score (nSPS) is 13.4. The van der Waals surface area contributed by atoms with E-state index in [-0.39, 0.29) is 6.15 Å². The summed E-state index contributed by atoms with van der Waals surface area (Å²) in [6, 6.07) is 7.13. The van der Waals surface area contributed by atoms with Crippen LogP contribution in [-0.4, -0.2) is 52.2 Å². The Morgan fingerprint density at radius 3 is 2.09 bits per heavy atom. The topological polar surface area (TPSA) is 148 Å². The third-order valence-electron chi connectivity index (χ3n) is 2.96. The van der Waals surface area contributed by atoms with Gasteiger partial charge in [0, 0.05) is 6.42 Å². The third-order valence-corrected chi connectivity index (χ3v) is 2.96. The predicted molar refractivity (Wildman–Crippen MR) is 81.5 cm³/mol. The van der Waals surface area contributed by atoms with E-state index in [0.29, 0.717) is 12.2 Å². The number of carboxylic acid groups (broad SMARTS) is 1. The number of carbonyl (C=O) groups is 2. The number of aliphatic hydroxyl groups is 2. The van der Waals surface area contributed by atoms with Crippen molar-refractivity contribution in [1.29, 1.82) is 0 Å². The van der Waals surface area contributed by atoms with E-state index in [1.54, 1.807) is 45.2 Å². The van der Waals surface area contributed by atoms with E-state index in [2.05, 4.69) is 0 Å². The number of ether oxygens (including phenoxy) is 2. The van der Waals surface area contributed by atoms with E-state index in [1.165, 1.54) is 0 Å². The Morgan fingerprint density at radius 1 is 1.13 bits per heavy atom. The zero-order valence-electron chi connectivity index (χ0n) is 13.4. The van der Waals surface area contributed by atoms with Gasteiger partial charge in [0.1, 0.15) is 11.4 Å². The zero-order valence-corrected chi connectivity index (χ0v) is 13.4. The molecule has 1 rings (SSSR count). The smallest absolute Gasteiger partial charge is 0.338 e. The lowest BCUT2D eigenvalue weighted by atomic mass is 9.98. The minimum atomic E-state index is -2.22. The Balaban J connectivity index is 0.00000484. The highest BCUT2D eigenvalue weighted by molar-refractivity contribution is 5.84. The maximum atomic E-state index is 11.7. The minimum Gasteiger partial charge on any atom is -0.497 e. The number of esters is 1. The van der Waals surface area contributed by atoms with E-state index >= 15 is 0 Å². The van der Waals surface area contributed by atoms with Gasteiger partial charge in [-0.15, -0.1) is 0 Å². The average molecular weight is 329 g/mol. The van der Waals surface area contributed by atoms with Crippen LogP contribution in [0.5, 0.6) is 5.75 Å². The van der Waals surface area contributed by atoms with Gasteiger partial charge in [-0.05, 0) is 31.5 Å². The first-order valence-corrected chi connectivity index (χ1v) is 6.61. The van der Waals surface area contributed by atoms with Crippen LogP contribution in [0.25, 0.3) is 0 Å². The van der Waals surface area contributed by atoms with Crippen molar-refractivity contribution in [3.8, 4) is 5.75 Å². The molecule has 0 saturated heterocycles. The predicted octanol–water partition coefficient (Wildman–Crippen LogP) is 0.528. The molecule has 2 unspecified atom stereocenters. The minimum absolute atomic E-state index is 0. The molecule has 1 aromatic rings. The van der Waals surface area contributed by atoms with Gasteiger partial charge in [0.25, 0.3) is 0 Å². The molecule has 0 aliphatic carbocycles. The van der Waals surface area contributed by atoms with Gasteiger partial charge in [0.15, 0.2) is 12.2 Å². The van der Waals surface area contributed by atoms with Crippen LogP contribution in [-0.2, 0) is 20.7 Å². The van der Waals surface area contributed by atoms with Crippen molar-refractivity contribution in [3.05, 3.63) is 29.8 Å². The third kappa shape index (κ3) is 6.23. The highest BCUT2D eigenvalue weighted by Crippen LogP contribution is 2.20. The molecule has 6 N–H and O–H groups in total. The number of carboxylic acids is 1. The number of aliphatic carboxylic acids is 1. The van der Waals surface area contributed by atoms with Gasteiger partial charge in [0.2, 0.25) is 0 Å². The summed E-state index contributed by atoms with van der Waals surface area (Å²) in [6.07, 6.45) is -4.00. The lowest BCUT2D eigenvalue weighted by Crippen LogP contribution is -2.44. The van der Waals surface area contributed by atoms with Crippen molar-refractivity contribution in [2.45, 2.75) is 38.1 Å². The van der Waals surface area contributed by atoms with Gasteiger partial charge in [0.05, 0.1) is 7.11 Å². The van der Waals surface area contributed by atoms with Gasteiger partial charge in [-0.2, -0.15) is 0 Å². The first kappa shape index (κ1) is 20.8. The van der Waals surface area contributed by atoms with Crippen LogP contribution in [0.4, 0.5) is 0 Å². The largest absolute Gasteiger partial charge is 0.497 e. The van der Waals surface area contributed by atoms with Gasteiger partial charge < -0.3 is 30.9 Å². The molecule has 2 atom stereocenters. The summed E-state index contributed by atoms with van der Waals surface area (Å²) < 4.78 is 10.1. The van der Waals surface area contributed by atoms with Crippen LogP contribution in [0, 0.1) is 0 Å². The number of rotatable bonds is 7. The molecular weight excluding hydrogens is 306 g/mol. The Morgan fingerprint density at radius 2 is 1.65 bits per heavy atom. The Bertz CT molecular complexity index is 527. The number of hydrogen-bond donors (Lipinski definition) is 4. The highest BCUT2D eigenvalue weighted by Gasteiger charge is 2.35. The van der Waals surface area contributed by atoms with Gasteiger partial charge >= 0.3 is 11.9 Å². The number of benzene rings is 1. The number of hydrogen-bond acceptors (Lipinski definition) is 7. The number of methoxy groups -OCH3 is 1. The lowest BCUT2D eigenvalue weighted by Gasteiger charge is -2.27. The Hall–Kier alpha value is -2.16. The van der Waals surface area contributed by atoms with Crippen molar-refractivity contribution >= 4 is 11.9 Å². The van der Waals surface area contributed by atoms with Crippen molar-refractivity contribution in [2.24, 2.45) is 0 Å². The van der Waals surface area contributed by atoms with Crippen LogP contribution in [0.3, 0.4) is 0 Å². The summed E-state index contributed by atoms with van der Waals surface area (Å²) >= 11 is 0. The van der Waals surface area contributed by atoms with E-state index in [0.717, 1.165) is 5.56 Å². The maximum absolute atomic E-state index is 11.7. The quantitative estimate of drug-likeness (QED) is 0.529. The van der Waals surface area contributed by atoms with Crippen LogP contribution in [0.1, 0.15) is 19.4 Å². The van der Waals surface area contributed by atoms with Crippen molar-refractivity contribution in [2.75, 3.05) is 7.11 Å². The SMILES string of the molecule is COc1ccc(CC(C)(C)OC(=O)C(O)C(O)C(=O)O)cc1.N. The molecule has 0 aliphatic rings. The molecule has 0 saturated carbocycles. The summed E-state index contributed by atoms with van der Waals surface area (Å²) in [6.45, 7) is 3.24. The summed E-state index contributed by atoms with van der Waals surface area (Å²) in [4.78, 5) is 22.2. The van der Waals surface area contributed by atoms with Crippen molar-refractivity contribution < 1.29 is 34.4 Å². The molecular formula is C15H23NO7. The second kappa shape index (κ2) is 8.47. The van der Waals surface area contributed by atoms with Gasteiger partial charge in [-0.25, -0.2) is 9.59 Å². The fourth-order valence-corrected chi connectivity index (χ4v) is 1.87. The monoisotopic (exact) mass is 329 g/mol. The first-order chi connectivity index (χ1) is 10.2. The zero-order chi connectivity index (χ0) is 16.9. The van der Waals surface area contributed by atoms with Gasteiger partial charge in [-0.3, -0.25) is 0 Å². The summed E-state index contributed by atoms with van der Waals surface area (Å²) in [5, 5.41) is 27.1. The van der Waals surface area contributed by atoms with Crippen LogP contribution < -0.4 is 10.9 Å².